The Bertz CT molecular complexity index is 1050. The van der Waals surface area contributed by atoms with Crippen molar-refractivity contribution in [1.29, 1.82) is 0 Å². The molecule has 143 valence electrons. The number of alkyl halides is 3. The first-order chi connectivity index (χ1) is 13.2. The maximum atomic E-state index is 12.8. The van der Waals surface area contributed by atoms with Gasteiger partial charge >= 0.3 is 6.18 Å². The van der Waals surface area contributed by atoms with E-state index in [9.17, 15) is 22.8 Å². The van der Waals surface area contributed by atoms with Crippen LogP contribution in [0.2, 0.25) is 0 Å². The van der Waals surface area contributed by atoms with Crippen molar-refractivity contribution in [1.82, 2.24) is 4.98 Å². The molecular formula is C20H15F3N3O2. The minimum atomic E-state index is -4.59. The summed E-state index contributed by atoms with van der Waals surface area (Å²) in [6.45, 7) is 0. The highest BCUT2D eigenvalue weighted by Gasteiger charge is 2.31. The average molecular weight is 386 g/mol. The maximum absolute atomic E-state index is 12.8. The van der Waals surface area contributed by atoms with Crippen LogP contribution in [-0.2, 0) is 17.4 Å². The van der Waals surface area contributed by atoms with E-state index in [-0.39, 0.29) is 17.5 Å². The van der Waals surface area contributed by atoms with E-state index >= 15 is 0 Å². The van der Waals surface area contributed by atoms with Crippen LogP contribution in [0.4, 0.5) is 18.9 Å². The molecule has 0 unspecified atom stereocenters. The molecule has 0 saturated carbocycles. The molecule has 1 radical (unpaired) electrons. The quantitative estimate of drug-likeness (QED) is 0.701. The zero-order chi connectivity index (χ0) is 20.3. The summed E-state index contributed by atoms with van der Waals surface area (Å²) in [6.07, 6.45) is -1.92. The molecule has 1 heterocycles. The second kappa shape index (κ2) is 7.67. The Balaban J connectivity index is 1.70. The lowest BCUT2D eigenvalue weighted by Gasteiger charge is -2.12. The first-order valence-electron chi connectivity index (χ1n) is 8.23. The SMILES string of the molecule is NC(=O)c1cc(C(F)(F)F)ccc1C[CH]C(=O)Nc1cnc2ccccc2c1. The summed E-state index contributed by atoms with van der Waals surface area (Å²) in [5.74, 6) is -1.47. The Morgan fingerprint density at radius 3 is 2.57 bits per heavy atom. The summed E-state index contributed by atoms with van der Waals surface area (Å²) < 4.78 is 38.4. The van der Waals surface area contributed by atoms with E-state index in [1.807, 2.05) is 24.3 Å². The van der Waals surface area contributed by atoms with Crippen LogP contribution in [0.5, 0.6) is 0 Å². The Hall–Kier alpha value is -3.42. The number of amides is 2. The summed E-state index contributed by atoms with van der Waals surface area (Å²) >= 11 is 0. The third kappa shape index (κ3) is 4.46. The largest absolute Gasteiger partial charge is 0.416 e. The number of pyridine rings is 1. The zero-order valence-corrected chi connectivity index (χ0v) is 14.5. The number of nitrogens with zero attached hydrogens (tertiary/aromatic N) is 1. The van der Waals surface area contributed by atoms with Gasteiger partial charge in [-0.15, -0.1) is 0 Å². The second-order valence-corrected chi connectivity index (χ2v) is 6.05. The van der Waals surface area contributed by atoms with Crippen LogP contribution in [0.3, 0.4) is 0 Å². The number of hydrogen-bond acceptors (Lipinski definition) is 3. The highest BCUT2D eigenvalue weighted by molar-refractivity contribution is 5.99. The molecule has 0 saturated heterocycles. The van der Waals surface area contributed by atoms with E-state index in [0.29, 0.717) is 11.8 Å². The van der Waals surface area contributed by atoms with E-state index < -0.39 is 23.6 Å². The van der Waals surface area contributed by atoms with Gasteiger partial charge in [-0.1, -0.05) is 24.3 Å². The molecule has 0 aliphatic carbocycles. The van der Waals surface area contributed by atoms with E-state index in [1.165, 1.54) is 12.6 Å². The van der Waals surface area contributed by atoms with Crippen molar-refractivity contribution in [3.8, 4) is 0 Å². The molecule has 0 aliphatic rings. The molecule has 3 N–H and O–H groups in total. The van der Waals surface area contributed by atoms with E-state index in [1.54, 1.807) is 6.07 Å². The number of rotatable bonds is 5. The van der Waals surface area contributed by atoms with Gasteiger partial charge in [-0.25, -0.2) is 0 Å². The summed E-state index contributed by atoms with van der Waals surface area (Å²) in [6, 6.07) is 11.8. The maximum Gasteiger partial charge on any atom is 0.416 e. The van der Waals surface area contributed by atoms with E-state index in [4.69, 9.17) is 5.73 Å². The zero-order valence-electron chi connectivity index (χ0n) is 14.5. The first kappa shape index (κ1) is 19.3. The van der Waals surface area contributed by atoms with Gasteiger partial charge in [0.25, 0.3) is 0 Å². The van der Waals surface area contributed by atoms with Crippen molar-refractivity contribution in [3.05, 3.63) is 77.8 Å². The minimum absolute atomic E-state index is 0.0523. The number of primary amides is 1. The molecule has 3 rings (SSSR count). The molecule has 8 heteroatoms. The standard InChI is InChI=1S/C20H15F3N3O2/c21-20(22,23)14-7-5-12(16(10-14)19(24)28)6-8-18(27)26-15-9-13-3-1-2-4-17(13)25-11-15/h1-5,7-11H,6H2,(H2,24,28)(H,26,27). The molecule has 2 amide bonds. The number of fused-ring (bicyclic) bond motifs is 1. The summed E-state index contributed by atoms with van der Waals surface area (Å²) in [5.41, 5.74) is 5.41. The Morgan fingerprint density at radius 1 is 1.11 bits per heavy atom. The highest BCUT2D eigenvalue weighted by Crippen LogP contribution is 2.30. The highest BCUT2D eigenvalue weighted by atomic mass is 19.4. The first-order valence-corrected chi connectivity index (χ1v) is 8.23. The summed E-state index contributed by atoms with van der Waals surface area (Å²) in [4.78, 5) is 27.9. The number of hydrogen-bond donors (Lipinski definition) is 2. The van der Waals surface area contributed by atoms with Crippen molar-refractivity contribution in [3.63, 3.8) is 0 Å². The summed E-state index contributed by atoms with van der Waals surface area (Å²) in [7, 11) is 0. The number of nitrogens with one attached hydrogen (secondary N) is 1. The van der Waals surface area contributed by atoms with Gasteiger partial charge < -0.3 is 11.1 Å². The fraction of sp³-hybridized carbons (Fsp3) is 0.100. The third-order valence-electron chi connectivity index (χ3n) is 4.07. The van der Waals surface area contributed by atoms with Crippen molar-refractivity contribution in [2.24, 2.45) is 5.73 Å². The number of anilines is 1. The van der Waals surface area contributed by atoms with Crippen LogP contribution in [0.15, 0.2) is 54.7 Å². The van der Waals surface area contributed by atoms with E-state index in [0.717, 1.165) is 23.0 Å². The molecular weight excluding hydrogens is 371 g/mol. The van der Waals surface area contributed by atoms with Gasteiger partial charge in [0.15, 0.2) is 0 Å². The number of carbonyl (C=O) groups excluding carboxylic acids is 2. The van der Waals surface area contributed by atoms with Gasteiger partial charge in [0, 0.05) is 10.9 Å². The molecule has 0 aliphatic heterocycles. The molecule has 0 atom stereocenters. The van der Waals surface area contributed by atoms with Gasteiger partial charge in [-0.3, -0.25) is 14.6 Å². The summed E-state index contributed by atoms with van der Waals surface area (Å²) in [5, 5.41) is 3.48. The fourth-order valence-electron chi connectivity index (χ4n) is 2.70. The molecule has 0 bridgehead atoms. The Morgan fingerprint density at radius 2 is 1.86 bits per heavy atom. The number of para-hydroxylation sites is 1. The van der Waals surface area contributed by atoms with Crippen molar-refractivity contribution in [2.75, 3.05) is 5.32 Å². The van der Waals surface area contributed by atoms with Gasteiger partial charge in [0.1, 0.15) is 0 Å². The third-order valence-corrected chi connectivity index (χ3v) is 4.07. The lowest BCUT2D eigenvalue weighted by atomic mass is 9.99. The Labute approximate surface area is 158 Å². The fourth-order valence-corrected chi connectivity index (χ4v) is 2.70. The normalized spacial score (nSPS) is 11.4. The van der Waals surface area contributed by atoms with Crippen LogP contribution in [0.1, 0.15) is 21.5 Å². The van der Waals surface area contributed by atoms with Crippen LogP contribution < -0.4 is 11.1 Å². The van der Waals surface area contributed by atoms with Crippen molar-refractivity contribution >= 4 is 28.4 Å². The van der Waals surface area contributed by atoms with Gasteiger partial charge in [0.2, 0.25) is 11.8 Å². The van der Waals surface area contributed by atoms with Gasteiger partial charge in [-0.2, -0.15) is 13.2 Å². The number of aromatic nitrogens is 1. The molecule has 5 nitrogen and oxygen atoms in total. The predicted octanol–water partition coefficient (Wildman–Crippen LogP) is 3.74. The molecule has 3 aromatic rings. The lowest BCUT2D eigenvalue weighted by Crippen LogP contribution is -2.18. The molecule has 0 spiro atoms. The van der Waals surface area contributed by atoms with Crippen molar-refractivity contribution in [2.45, 2.75) is 12.6 Å². The Kier molecular flexibility index (Phi) is 5.30. The smallest absolute Gasteiger partial charge is 0.366 e. The average Bonchev–Trinajstić information content (AvgIpc) is 2.65. The van der Waals surface area contributed by atoms with Gasteiger partial charge in [-0.05, 0) is 36.2 Å². The monoisotopic (exact) mass is 386 g/mol. The topological polar surface area (TPSA) is 85.1 Å². The van der Waals surface area contributed by atoms with Crippen LogP contribution in [0.25, 0.3) is 10.9 Å². The lowest BCUT2D eigenvalue weighted by molar-refractivity contribution is -0.137. The number of benzene rings is 2. The van der Waals surface area contributed by atoms with Crippen LogP contribution >= 0.6 is 0 Å². The van der Waals surface area contributed by atoms with Crippen LogP contribution in [0, 0.1) is 6.42 Å². The minimum Gasteiger partial charge on any atom is -0.366 e. The predicted molar refractivity (Wildman–Crippen MR) is 98.3 cm³/mol. The number of nitrogens with two attached hydrogens (primary N) is 1. The van der Waals surface area contributed by atoms with Crippen molar-refractivity contribution < 1.29 is 22.8 Å². The number of carbonyl (C=O) groups is 2. The molecule has 28 heavy (non-hydrogen) atoms. The van der Waals surface area contributed by atoms with Crippen LogP contribution in [-0.4, -0.2) is 16.8 Å². The molecule has 1 aromatic heterocycles. The van der Waals surface area contributed by atoms with E-state index in [2.05, 4.69) is 10.3 Å². The second-order valence-electron chi connectivity index (χ2n) is 6.05. The molecule has 2 aromatic carbocycles. The molecule has 0 fully saturated rings. The number of halogens is 3. The van der Waals surface area contributed by atoms with Gasteiger partial charge in [0.05, 0.1) is 29.4 Å².